The molecule has 6 heteroatoms. The molecule has 88 valence electrons. The van der Waals surface area contributed by atoms with Crippen LogP contribution in [0.2, 0.25) is 0 Å². The Bertz CT molecular complexity index is 320. The molecular weight excluding hydrogens is 212 g/mol. The Labute approximate surface area is 93.1 Å². The molecule has 0 N–H and O–H groups in total. The van der Waals surface area contributed by atoms with Crippen molar-refractivity contribution in [1.29, 1.82) is 0 Å². The van der Waals surface area contributed by atoms with Gasteiger partial charge in [0.05, 0.1) is 26.0 Å². The summed E-state index contributed by atoms with van der Waals surface area (Å²) in [6.07, 6.45) is 5.07. The summed E-state index contributed by atoms with van der Waals surface area (Å²) >= 11 is 0. The Morgan fingerprint density at radius 2 is 2.31 bits per heavy atom. The molecule has 0 atom stereocenters. The predicted molar refractivity (Wildman–Crippen MR) is 53.5 cm³/mol. The molecule has 16 heavy (non-hydrogen) atoms. The zero-order valence-electron chi connectivity index (χ0n) is 8.87. The number of rotatable bonds is 5. The molecule has 1 fully saturated rings. The molecule has 1 aromatic heterocycles. The molecule has 0 saturated carbocycles. The van der Waals surface area contributed by atoms with Gasteiger partial charge in [-0.25, -0.2) is 4.98 Å². The van der Waals surface area contributed by atoms with Crippen molar-refractivity contribution in [3.63, 3.8) is 0 Å². The Hall–Kier alpha value is -1.40. The highest BCUT2D eigenvalue weighted by atomic mass is 16.7. The number of ether oxygens (including phenoxy) is 3. The van der Waals surface area contributed by atoms with E-state index in [0.717, 1.165) is 0 Å². The van der Waals surface area contributed by atoms with Crippen LogP contribution < -0.4 is 0 Å². The maximum absolute atomic E-state index is 11.3. The van der Waals surface area contributed by atoms with Gasteiger partial charge in [0.15, 0.2) is 6.29 Å². The van der Waals surface area contributed by atoms with Crippen LogP contribution in [0, 0.1) is 0 Å². The van der Waals surface area contributed by atoms with Crippen LogP contribution in [0.25, 0.3) is 0 Å². The largest absolute Gasteiger partial charge is 0.460 e. The average Bonchev–Trinajstić information content (AvgIpc) is 2.96. The van der Waals surface area contributed by atoms with E-state index >= 15 is 0 Å². The Kier molecular flexibility index (Phi) is 3.90. The molecule has 1 aliphatic rings. The first-order chi connectivity index (χ1) is 7.84. The van der Waals surface area contributed by atoms with Crippen LogP contribution in [-0.4, -0.2) is 41.6 Å². The fraction of sp³-hybridized carbons (Fsp3) is 0.600. The molecule has 0 radical (unpaired) electrons. The maximum atomic E-state index is 11.3. The maximum Gasteiger partial charge on any atom is 0.307 e. The molecule has 0 aromatic carbocycles. The minimum Gasteiger partial charge on any atom is -0.460 e. The molecule has 0 amide bonds. The fourth-order valence-corrected chi connectivity index (χ4v) is 1.38. The van der Waals surface area contributed by atoms with Gasteiger partial charge >= 0.3 is 5.97 Å². The second-order valence-corrected chi connectivity index (χ2v) is 3.40. The number of hydrogen-bond donors (Lipinski definition) is 0. The summed E-state index contributed by atoms with van der Waals surface area (Å²) in [5.41, 5.74) is 0. The molecular formula is C10H14N2O4. The van der Waals surface area contributed by atoms with E-state index in [0.29, 0.717) is 26.2 Å². The minimum absolute atomic E-state index is 0.169. The van der Waals surface area contributed by atoms with Gasteiger partial charge in [0, 0.05) is 18.9 Å². The minimum atomic E-state index is -0.391. The monoisotopic (exact) mass is 226 g/mol. The quantitative estimate of drug-likeness (QED) is 0.671. The van der Waals surface area contributed by atoms with Crippen molar-refractivity contribution >= 4 is 5.97 Å². The highest BCUT2D eigenvalue weighted by Crippen LogP contribution is 2.04. The van der Waals surface area contributed by atoms with Crippen LogP contribution in [0.5, 0.6) is 0 Å². The van der Waals surface area contributed by atoms with Gasteiger partial charge < -0.3 is 18.8 Å². The number of aromatic nitrogens is 2. The fourth-order valence-electron chi connectivity index (χ4n) is 1.38. The van der Waals surface area contributed by atoms with Gasteiger partial charge in [0.2, 0.25) is 0 Å². The van der Waals surface area contributed by atoms with E-state index in [1.54, 1.807) is 18.7 Å². The zero-order chi connectivity index (χ0) is 11.2. The van der Waals surface area contributed by atoms with Crippen molar-refractivity contribution in [2.45, 2.75) is 19.3 Å². The summed E-state index contributed by atoms with van der Waals surface area (Å²) in [5.74, 6) is -0.257. The summed E-state index contributed by atoms with van der Waals surface area (Å²) in [7, 11) is 0. The van der Waals surface area contributed by atoms with Crippen LogP contribution in [-0.2, 0) is 25.5 Å². The molecule has 0 spiro atoms. The SMILES string of the molecule is O=C(CCn1ccnc1)OCC1OCCO1. The zero-order valence-corrected chi connectivity index (χ0v) is 8.87. The third-order valence-electron chi connectivity index (χ3n) is 2.20. The van der Waals surface area contributed by atoms with Gasteiger partial charge in [-0.1, -0.05) is 0 Å². The van der Waals surface area contributed by atoms with Gasteiger partial charge in [-0.2, -0.15) is 0 Å². The van der Waals surface area contributed by atoms with Crippen LogP contribution in [0.15, 0.2) is 18.7 Å². The van der Waals surface area contributed by atoms with Crippen molar-refractivity contribution in [2.75, 3.05) is 19.8 Å². The summed E-state index contributed by atoms with van der Waals surface area (Å²) in [6.45, 7) is 1.88. The third kappa shape index (κ3) is 3.32. The van der Waals surface area contributed by atoms with Gasteiger partial charge in [-0.3, -0.25) is 4.79 Å². The lowest BCUT2D eigenvalue weighted by Crippen LogP contribution is -2.20. The van der Waals surface area contributed by atoms with Crippen LogP contribution in [0.4, 0.5) is 0 Å². The Morgan fingerprint density at radius 3 is 3.00 bits per heavy atom. The van der Waals surface area contributed by atoms with Gasteiger partial charge in [-0.15, -0.1) is 0 Å². The third-order valence-corrected chi connectivity index (χ3v) is 2.20. The molecule has 1 aromatic rings. The van der Waals surface area contributed by atoms with Gasteiger partial charge in [-0.05, 0) is 0 Å². The molecule has 2 rings (SSSR count). The predicted octanol–water partition coefficient (Wildman–Crippen LogP) is 0.189. The lowest BCUT2D eigenvalue weighted by atomic mass is 10.4. The molecule has 1 aliphatic heterocycles. The van der Waals surface area contributed by atoms with E-state index in [2.05, 4.69) is 4.98 Å². The number of carbonyl (C=O) groups is 1. The lowest BCUT2D eigenvalue weighted by Gasteiger charge is -2.09. The summed E-state index contributed by atoms with van der Waals surface area (Å²) in [4.78, 5) is 15.2. The van der Waals surface area contributed by atoms with Gasteiger partial charge in [0.1, 0.15) is 6.61 Å². The van der Waals surface area contributed by atoms with E-state index in [-0.39, 0.29) is 12.6 Å². The standard InChI is InChI=1S/C10H14N2O4/c13-9(1-3-12-4-2-11-8-12)16-7-10-14-5-6-15-10/h2,4,8,10H,1,3,5-7H2. The highest BCUT2D eigenvalue weighted by Gasteiger charge is 2.17. The van der Waals surface area contributed by atoms with E-state index in [4.69, 9.17) is 14.2 Å². The summed E-state index contributed by atoms with van der Waals surface area (Å²) in [5, 5.41) is 0. The van der Waals surface area contributed by atoms with E-state index in [1.807, 2.05) is 4.57 Å². The molecule has 6 nitrogen and oxygen atoms in total. The summed E-state index contributed by atoms with van der Waals surface area (Å²) < 4.78 is 17.1. The second kappa shape index (κ2) is 5.62. The Balaban J connectivity index is 1.60. The van der Waals surface area contributed by atoms with Crippen LogP contribution in [0.3, 0.4) is 0 Å². The topological polar surface area (TPSA) is 62.6 Å². The smallest absolute Gasteiger partial charge is 0.307 e. The van der Waals surface area contributed by atoms with Crippen molar-refractivity contribution in [3.05, 3.63) is 18.7 Å². The number of hydrogen-bond acceptors (Lipinski definition) is 5. The van der Waals surface area contributed by atoms with Gasteiger partial charge in [0.25, 0.3) is 0 Å². The molecule has 1 saturated heterocycles. The van der Waals surface area contributed by atoms with Crippen LogP contribution in [0.1, 0.15) is 6.42 Å². The number of nitrogens with zero attached hydrogens (tertiary/aromatic N) is 2. The van der Waals surface area contributed by atoms with E-state index < -0.39 is 6.29 Å². The van der Waals surface area contributed by atoms with E-state index in [1.165, 1.54) is 0 Å². The van der Waals surface area contributed by atoms with Crippen molar-refractivity contribution in [3.8, 4) is 0 Å². The molecule has 0 aliphatic carbocycles. The molecule has 0 bridgehead atoms. The Morgan fingerprint density at radius 1 is 1.50 bits per heavy atom. The molecule has 0 unspecified atom stereocenters. The van der Waals surface area contributed by atoms with E-state index in [9.17, 15) is 4.79 Å². The number of imidazole rings is 1. The second-order valence-electron chi connectivity index (χ2n) is 3.40. The van der Waals surface area contributed by atoms with Crippen LogP contribution >= 0.6 is 0 Å². The number of carbonyl (C=O) groups excluding carboxylic acids is 1. The average molecular weight is 226 g/mol. The lowest BCUT2D eigenvalue weighted by molar-refractivity contribution is -0.156. The molecule has 2 heterocycles. The van der Waals surface area contributed by atoms with Crippen molar-refractivity contribution < 1.29 is 19.0 Å². The first kappa shape index (κ1) is 11.1. The summed E-state index contributed by atoms with van der Waals surface area (Å²) in [6, 6.07) is 0. The first-order valence-corrected chi connectivity index (χ1v) is 5.19. The van der Waals surface area contributed by atoms with Crippen molar-refractivity contribution in [2.24, 2.45) is 0 Å². The number of aryl methyl sites for hydroxylation is 1. The first-order valence-electron chi connectivity index (χ1n) is 5.19. The van der Waals surface area contributed by atoms with Crippen molar-refractivity contribution in [1.82, 2.24) is 9.55 Å². The highest BCUT2D eigenvalue weighted by molar-refractivity contribution is 5.69. The normalized spacial score (nSPS) is 16.5. The number of esters is 1.